The van der Waals surface area contributed by atoms with Gasteiger partial charge in [-0.1, -0.05) is 0 Å². The summed E-state index contributed by atoms with van der Waals surface area (Å²) in [4.78, 5) is 23.3. The van der Waals surface area contributed by atoms with E-state index in [0.29, 0.717) is 11.4 Å². The van der Waals surface area contributed by atoms with Crippen molar-refractivity contribution in [1.29, 1.82) is 0 Å². The molecule has 0 spiro atoms. The van der Waals surface area contributed by atoms with Gasteiger partial charge in [-0.25, -0.2) is 9.59 Å². The minimum Gasteiger partial charge on any atom is -0.477 e. The van der Waals surface area contributed by atoms with Crippen molar-refractivity contribution < 1.29 is 9.90 Å². The van der Waals surface area contributed by atoms with Crippen LogP contribution < -0.4 is 5.69 Å². The molecule has 0 aliphatic rings. The maximum atomic E-state index is 11.5. The molecule has 0 bridgehead atoms. The molecule has 0 aliphatic heterocycles. The number of aryl methyl sites for hydroxylation is 1. The molecule has 5 nitrogen and oxygen atoms in total. The average molecular weight is 238 g/mol. The second kappa shape index (κ2) is 3.97. The van der Waals surface area contributed by atoms with Crippen LogP contribution in [-0.4, -0.2) is 20.2 Å². The molecule has 6 heteroatoms. The van der Waals surface area contributed by atoms with Crippen LogP contribution in [0.15, 0.2) is 29.3 Å². The number of aromatic nitrogens is 2. The van der Waals surface area contributed by atoms with Crippen LogP contribution in [0, 0.1) is 0 Å². The van der Waals surface area contributed by atoms with Gasteiger partial charge in [0.25, 0.3) is 0 Å². The zero-order chi connectivity index (χ0) is 11.7. The van der Waals surface area contributed by atoms with Gasteiger partial charge >= 0.3 is 11.7 Å². The first-order valence-electron chi connectivity index (χ1n) is 4.61. The van der Waals surface area contributed by atoms with Crippen molar-refractivity contribution in [2.24, 2.45) is 7.05 Å². The van der Waals surface area contributed by atoms with Crippen LogP contribution >= 0.6 is 11.3 Å². The van der Waals surface area contributed by atoms with Crippen LogP contribution in [-0.2, 0) is 13.6 Å². The van der Waals surface area contributed by atoms with Crippen LogP contribution in [0.2, 0.25) is 0 Å². The van der Waals surface area contributed by atoms with Crippen LogP contribution in [0.4, 0.5) is 0 Å². The van der Waals surface area contributed by atoms with Gasteiger partial charge in [0, 0.05) is 24.3 Å². The Labute approximate surface area is 95.2 Å². The summed E-state index contributed by atoms with van der Waals surface area (Å²) in [7, 11) is 1.68. The largest absolute Gasteiger partial charge is 0.477 e. The molecule has 0 atom stereocenters. The summed E-state index contributed by atoms with van der Waals surface area (Å²) in [5.74, 6) is -0.934. The van der Waals surface area contributed by atoms with Crippen LogP contribution in [0.25, 0.3) is 0 Å². The highest BCUT2D eigenvalue weighted by Crippen LogP contribution is 2.16. The third kappa shape index (κ3) is 1.92. The molecule has 16 heavy (non-hydrogen) atoms. The molecule has 2 aromatic rings. The molecule has 1 N–H and O–H groups in total. The monoisotopic (exact) mass is 238 g/mol. The van der Waals surface area contributed by atoms with Gasteiger partial charge in [-0.2, -0.15) is 0 Å². The van der Waals surface area contributed by atoms with E-state index >= 15 is 0 Å². The average Bonchev–Trinajstić information content (AvgIpc) is 2.81. The predicted molar refractivity (Wildman–Crippen MR) is 60.1 cm³/mol. The second-order valence-corrected chi connectivity index (χ2v) is 4.56. The molecule has 0 radical (unpaired) electrons. The molecule has 2 aromatic heterocycles. The summed E-state index contributed by atoms with van der Waals surface area (Å²) >= 11 is 1.19. The number of carboxylic acids is 1. The topological polar surface area (TPSA) is 64.2 Å². The Morgan fingerprint density at radius 2 is 2.19 bits per heavy atom. The molecule has 2 rings (SSSR count). The summed E-state index contributed by atoms with van der Waals surface area (Å²) < 4.78 is 3.02. The van der Waals surface area contributed by atoms with Gasteiger partial charge in [-0.05, 0) is 12.1 Å². The minimum absolute atomic E-state index is 0.106. The fourth-order valence-electron chi connectivity index (χ4n) is 1.38. The maximum absolute atomic E-state index is 11.5. The van der Waals surface area contributed by atoms with E-state index in [-0.39, 0.29) is 5.69 Å². The quantitative estimate of drug-likeness (QED) is 0.867. The first kappa shape index (κ1) is 10.7. The van der Waals surface area contributed by atoms with Crippen molar-refractivity contribution >= 4 is 17.3 Å². The van der Waals surface area contributed by atoms with E-state index in [4.69, 9.17) is 5.11 Å². The van der Waals surface area contributed by atoms with E-state index in [1.165, 1.54) is 20.5 Å². The molecular weight excluding hydrogens is 228 g/mol. The molecule has 0 unspecified atom stereocenters. The molecule has 2 heterocycles. The normalized spacial score (nSPS) is 10.6. The number of rotatable bonds is 3. The highest BCUT2D eigenvalue weighted by atomic mass is 32.1. The number of carbonyl (C=O) groups is 1. The van der Waals surface area contributed by atoms with E-state index in [2.05, 4.69) is 0 Å². The van der Waals surface area contributed by atoms with Gasteiger partial charge in [0.15, 0.2) is 0 Å². The SMILES string of the molecule is Cn1ccn(Cc2ccc(C(=O)O)s2)c1=O. The van der Waals surface area contributed by atoms with Gasteiger partial charge in [0.2, 0.25) is 0 Å². The summed E-state index contributed by atoms with van der Waals surface area (Å²) in [6.07, 6.45) is 3.36. The lowest BCUT2D eigenvalue weighted by Crippen LogP contribution is -2.21. The van der Waals surface area contributed by atoms with Crippen molar-refractivity contribution in [3.63, 3.8) is 0 Å². The number of aromatic carboxylic acids is 1. The number of hydrogen-bond donors (Lipinski definition) is 1. The predicted octanol–water partition coefficient (Wildman–Crippen LogP) is 0.995. The van der Waals surface area contributed by atoms with E-state index in [1.807, 2.05) is 0 Å². The fraction of sp³-hybridized carbons (Fsp3) is 0.200. The molecule has 0 amide bonds. The first-order valence-corrected chi connectivity index (χ1v) is 5.43. The van der Waals surface area contributed by atoms with Crippen molar-refractivity contribution in [3.8, 4) is 0 Å². The first-order chi connectivity index (χ1) is 7.58. The third-order valence-electron chi connectivity index (χ3n) is 2.22. The number of hydrogen-bond acceptors (Lipinski definition) is 3. The summed E-state index contributed by atoms with van der Waals surface area (Å²) in [5.41, 5.74) is -0.106. The Bertz CT molecular complexity index is 579. The van der Waals surface area contributed by atoms with Crippen molar-refractivity contribution in [1.82, 2.24) is 9.13 Å². The van der Waals surface area contributed by atoms with Crippen molar-refractivity contribution in [2.75, 3.05) is 0 Å². The van der Waals surface area contributed by atoms with E-state index < -0.39 is 5.97 Å². The Kier molecular flexibility index (Phi) is 2.66. The number of carboxylic acid groups (broad SMARTS) is 1. The summed E-state index contributed by atoms with van der Waals surface area (Å²) in [5, 5.41) is 8.76. The molecule has 0 saturated carbocycles. The molecule has 0 fully saturated rings. The lowest BCUT2D eigenvalue weighted by molar-refractivity contribution is 0.0702. The van der Waals surface area contributed by atoms with Crippen molar-refractivity contribution in [2.45, 2.75) is 6.54 Å². The van der Waals surface area contributed by atoms with Gasteiger partial charge < -0.3 is 9.67 Å². The standard InChI is InChI=1S/C10H10N2O3S/c1-11-4-5-12(10(11)15)6-7-2-3-8(16-7)9(13)14/h2-5H,6H2,1H3,(H,13,14). The van der Waals surface area contributed by atoms with Gasteiger partial charge in [-0.15, -0.1) is 11.3 Å². The zero-order valence-corrected chi connectivity index (χ0v) is 9.40. The Balaban J connectivity index is 2.24. The van der Waals surface area contributed by atoms with E-state index in [9.17, 15) is 9.59 Å². The third-order valence-corrected chi connectivity index (χ3v) is 3.27. The summed E-state index contributed by atoms with van der Waals surface area (Å²) in [6, 6.07) is 3.28. The number of imidazole rings is 1. The molecule has 0 aliphatic carbocycles. The number of thiophene rings is 1. The van der Waals surface area contributed by atoms with Crippen molar-refractivity contribution in [3.05, 3.63) is 44.8 Å². The molecule has 84 valence electrons. The molecular formula is C10H10N2O3S. The minimum atomic E-state index is -0.934. The maximum Gasteiger partial charge on any atom is 0.345 e. The second-order valence-electron chi connectivity index (χ2n) is 3.39. The van der Waals surface area contributed by atoms with E-state index in [1.54, 1.807) is 31.6 Å². The Morgan fingerprint density at radius 1 is 1.44 bits per heavy atom. The lowest BCUT2D eigenvalue weighted by Gasteiger charge is -1.96. The Hall–Kier alpha value is -1.82. The lowest BCUT2D eigenvalue weighted by atomic mass is 10.4. The zero-order valence-electron chi connectivity index (χ0n) is 8.58. The molecule has 0 saturated heterocycles. The van der Waals surface area contributed by atoms with E-state index in [0.717, 1.165) is 4.88 Å². The van der Waals surface area contributed by atoms with Gasteiger partial charge in [0.1, 0.15) is 4.88 Å². The van der Waals surface area contributed by atoms with Crippen LogP contribution in [0.1, 0.15) is 14.5 Å². The summed E-state index contributed by atoms with van der Waals surface area (Å²) in [6.45, 7) is 0.414. The van der Waals surface area contributed by atoms with Crippen LogP contribution in [0.5, 0.6) is 0 Å². The van der Waals surface area contributed by atoms with Gasteiger partial charge in [0.05, 0.1) is 6.54 Å². The highest BCUT2D eigenvalue weighted by molar-refractivity contribution is 7.13. The smallest absolute Gasteiger partial charge is 0.345 e. The fourth-order valence-corrected chi connectivity index (χ4v) is 2.22. The molecule has 0 aromatic carbocycles. The van der Waals surface area contributed by atoms with Gasteiger partial charge in [-0.3, -0.25) is 4.57 Å². The Morgan fingerprint density at radius 3 is 2.69 bits per heavy atom. The van der Waals surface area contributed by atoms with Crippen LogP contribution in [0.3, 0.4) is 0 Å². The highest BCUT2D eigenvalue weighted by Gasteiger charge is 2.08. The number of nitrogens with zero attached hydrogens (tertiary/aromatic N) is 2.